The molecule has 1 amide bonds. The van der Waals surface area contributed by atoms with Gasteiger partial charge < -0.3 is 15.5 Å². The molecular weight excluding hydrogens is 486 g/mol. The number of carbonyl (C=O) groups excluding carboxylic acids is 2. The van der Waals surface area contributed by atoms with Crippen molar-refractivity contribution in [2.45, 2.75) is 138 Å². The van der Waals surface area contributed by atoms with Gasteiger partial charge >= 0.3 is 0 Å². The Balaban J connectivity index is 1.57. The van der Waals surface area contributed by atoms with Crippen LogP contribution >= 0.6 is 0 Å². The summed E-state index contributed by atoms with van der Waals surface area (Å²) < 4.78 is 0. The van der Waals surface area contributed by atoms with Crippen molar-refractivity contribution in [3.63, 3.8) is 0 Å². The molecule has 0 aromatic rings. The van der Waals surface area contributed by atoms with Crippen LogP contribution in [0.2, 0.25) is 0 Å². The Labute approximate surface area is 237 Å². The summed E-state index contributed by atoms with van der Waals surface area (Å²) in [4.78, 5) is 28.0. The van der Waals surface area contributed by atoms with Gasteiger partial charge in [0, 0.05) is 28.7 Å². The molecule has 0 heterocycles. The van der Waals surface area contributed by atoms with Crippen LogP contribution < -0.4 is 5.32 Å². The number of amides is 1. The molecule has 5 aliphatic carbocycles. The largest absolute Gasteiger partial charge is 0.365 e. The van der Waals surface area contributed by atoms with E-state index >= 15 is 0 Å². The molecule has 0 bridgehead atoms. The molecule has 4 saturated carbocycles. The topological polar surface area (TPSA) is 86.6 Å². The molecule has 0 aromatic heterocycles. The van der Waals surface area contributed by atoms with E-state index in [-0.39, 0.29) is 56.6 Å². The lowest BCUT2D eigenvalue weighted by atomic mass is 9.33. The van der Waals surface area contributed by atoms with Gasteiger partial charge in [0.15, 0.2) is 11.6 Å². The molecule has 0 spiro atoms. The van der Waals surface area contributed by atoms with Crippen molar-refractivity contribution >= 4 is 11.7 Å². The van der Waals surface area contributed by atoms with Gasteiger partial charge in [-0.15, -0.1) is 0 Å². The zero-order valence-corrected chi connectivity index (χ0v) is 26.4. The molecule has 0 aromatic carbocycles. The Kier molecular flexibility index (Phi) is 6.17. The van der Waals surface area contributed by atoms with Gasteiger partial charge in [-0.1, -0.05) is 54.0 Å². The maximum atomic E-state index is 14.4. The minimum Gasteiger partial charge on any atom is -0.365 e. The number of rotatable bonds is 1. The van der Waals surface area contributed by atoms with Crippen LogP contribution in [0.5, 0.6) is 0 Å². The molecule has 39 heavy (non-hydrogen) atoms. The lowest BCUT2D eigenvalue weighted by molar-refractivity contribution is -0.308. The fourth-order valence-electron chi connectivity index (χ4n) is 10.8. The summed E-state index contributed by atoms with van der Waals surface area (Å²) in [6.07, 6.45) is 9.73. The van der Waals surface area contributed by atoms with Gasteiger partial charge in [0.25, 0.3) is 0 Å². The van der Waals surface area contributed by atoms with Crippen LogP contribution in [-0.2, 0) is 9.59 Å². The van der Waals surface area contributed by atoms with E-state index in [0.29, 0.717) is 12.8 Å². The summed E-state index contributed by atoms with van der Waals surface area (Å²) in [5, 5.41) is 25.2. The number of carbonyl (C=O) groups is 2. The molecule has 3 N–H and O–H groups in total. The second-order valence-corrected chi connectivity index (χ2v) is 17.5. The van der Waals surface area contributed by atoms with Crippen LogP contribution in [0.15, 0.2) is 11.6 Å². The van der Waals surface area contributed by atoms with Crippen molar-refractivity contribution in [2.24, 2.45) is 50.2 Å². The van der Waals surface area contributed by atoms with E-state index in [9.17, 15) is 19.8 Å². The number of nitrogens with one attached hydrogen (secondary N) is 1. The summed E-state index contributed by atoms with van der Waals surface area (Å²) in [5.74, 6) is -1.16. The van der Waals surface area contributed by atoms with Gasteiger partial charge in [-0.05, 0) is 112 Å². The Hall–Kier alpha value is -1.20. The highest BCUT2D eigenvalue weighted by molar-refractivity contribution is 5.95. The molecule has 0 aliphatic heterocycles. The summed E-state index contributed by atoms with van der Waals surface area (Å²) in [5.41, 5.74) is -0.554. The highest BCUT2D eigenvalue weighted by Gasteiger charge is 2.71. The first kappa shape index (κ1) is 29.3. The predicted molar refractivity (Wildman–Crippen MR) is 154 cm³/mol. The third-order valence-electron chi connectivity index (χ3n) is 13.8. The number of allylic oxidation sites excluding steroid dienone is 2. The number of ketones is 1. The summed E-state index contributed by atoms with van der Waals surface area (Å²) in [7, 11) is 0. The minimum absolute atomic E-state index is 0.0715. The van der Waals surface area contributed by atoms with Crippen molar-refractivity contribution in [3.8, 4) is 0 Å². The predicted octanol–water partition coefficient (Wildman–Crippen LogP) is 6.56. The first-order valence-corrected chi connectivity index (χ1v) is 15.6. The van der Waals surface area contributed by atoms with E-state index in [1.54, 1.807) is 0 Å². The first-order valence-electron chi connectivity index (χ1n) is 15.6. The highest BCUT2D eigenvalue weighted by Crippen LogP contribution is 2.75. The Bertz CT molecular complexity index is 1110. The van der Waals surface area contributed by atoms with Crippen LogP contribution in [0.3, 0.4) is 0 Å². The highest BCUT2D eigenvalue weighted by atomic mass is 16.5. The van der Waals surface area contributed by atoms with Crippen molar-refractivity contribution in [1.82, 2.24) is 5.32 Å². The molecule has 0 saturated heterocycles. The van der Waals surface area contributed by atoms with Crippen LogP contribution in [0, 0.1) is 50.2 Å². The van der Waals surface area contributed by atoms with Crippen molar-refractivity contribution in [2.75, 3.05) is 0 Å². The average Bonchev–Trinajstić information content (AvgIpc) is 2.78. The van der Waals surface area contributed by atoms with Crippen LogP contribution in [-0.4, -0.2) is 33.2 Å². The van der Waals surface area contributed by atoms with Crippen molar-refractivity contribution in [1.29, 1.82) is 0 Å². The second kappa shape index (κ2) is 8.21. The molecule has 0 radical (unpaired) electrons. The summed E-state index contributed by atoms with van der Waals surface area (Å²) in [6, 6.07) is 0. The fraction of sp³-hybridized carbons (Fsp3) is 0.882. The Morgan fingerprint density at radius 3 is 2.13 bits per heavy atom. The molecule has 1 unspecified atom stereocenters. The second-order valence-electron chi connectivity index (χ2n) is 17.5. The fourth-order valence-corrected chi connectivity index (χ4v) is 10.8. The SMILES string of the molecule is CC(C)(C)NC(=O)[C@@]1(C)CC[C@]2(C)CC[C@]3(C)C(=CC(=O)[C@@H]4[C@@]5(C)CCC(O)(O)C(C)(C)C5CC[C@]43C)[C@@H]2C1. The van der Waals surface area contributed by atoms with Crippen LogP contribution in [0.25, 0.3) is 0 Å². The average molecular weight is 542 g/mol. The van der Waals surface area contributed by atoms with Gasteiger partial charge in [0.1, 0.15) is 0 Å². The minimum atomic E-state index is -1.71. The summed E-state index contributed by atoms with van der Waals surface area (Å²) in [6.45, 7) is 21.8. The quantitative estimate of drug-likeness (QED) is 0.328. The van der Waals surface area contributed by atoms with Crippen LogP contribution in [0.4, 0.5) is 0 Å². The number of hydrogen-bond donors (Lipinski definition) is 3. The maximum absolute atomic E-state index is 14.4. The third-order valence-corrected chi connectivity index (χ3v) is 13.8. The van der Waals surface area contributed by atoms with E-state index in [2.05, 4.69) is 39.9 Å². The molecule has 8 atom stereocenters. The zero-order chi connectivity index (χ0) is 29.2. The van der Waals surface area contributed by atoms with Gasteiger partial charge in [-0.2, -0.15) is 0 Å². The van der Waals surface area contributed by atoms with Gasteiger partial charge in [-0.3, -0.25) is 9.59 Å². The van der Waals surface area contributed by atoms with Crippen LogP contribution in [0.1, 0.15) is 127 Å². The molecule has 5 nitrogen and oxygen atoms in total. The van der Waals surface area contributed by atoms with Gasteiger partial charge in [0.2, 0.25) is 5.91 Å². The van der Waals surface area contributed by atoms with Crippen molar-refractivity contribution < 1.29 is 19.8 Å². The van der Waals surface area contributed by atoms with E-state index < -0.39 is 16.6 Å². The normalized spacial score (nSPS) is 48.6. The summed E-state index contributed by atoms with van der Waals surface area (Å²) >= 11 is 0. The standard InChI is InChI=1S/C34H55NO4/c1-27(2,3)35-26(37)30(7)14-13-29(6)15-17-32(9)21(22(29)20-30)19-23(36)25-31(8)16-18-34(38,39)28(4,5)24(31)11-12-33(25,32)10/h19,22,24-25,38-39H,11-18,20H2,1-10H3,(H,35,37)/t22-,24?,25+,29+,30-,31-,32+,33+/m0/s1. The van der Waals surface area contributed by atoms with Gasteiger partial charge in [-0.25, -0.2) is 0 Å². The third kappa shape index (κ3) is 3.84. The first-order chi connectivity index (χ1) is 17.6. The van der Waals surface area contributed by atoms with Crippen molar-refractivity contribution in [3.05, 3.63) is 11.6 Å². The Morgan fingerprint density at radius 2 is 1.51 bits per heavy atom. The smallest absolute Gasteiger partial charge is 0.226 e. The number of aliphatic hydroxyl groups is 2. The lowest BCUT2D eigenvalue weighted by Gasteiger charge is -2.71. The molecular formula is C34H55NO4. The number of fused-ring (bicyclic) bond motifs is 7. The maximum Gasteiger partial charge on any atom is 0.226 e. The molecule has 5 heteroatoms. The zero-order valence-electron chi connectivity index (χ0n) is 26.4. The lowest BCUT2D eigenvalue weighted by Crippen LogP contribution is -2.68. The number of hydrogen-bond acceptors (Lipinski definition) is 4. The van der Waals surface area contributed by atoms with E-state index in [4.69, 9.17) is 0 Å². The molecule has 5 rings (SSSR count). The molecule has 4 fully saturated rings. The molecule has 5 aliphatic rings. The Morgan fingerprint density at radius 1 is 0.897 bits per heavy atom. The van der Waals surface area contributed by atoms with E-state index in [0.717, 1.165) is 44.9 Å². The molecule has 220 valence electrons. The van der Waals surface area contributed by atoms with E-state index in [1.165, 1.54) is 5.57 Å². The van der Waals surface area contributed by atoms with E-state index in [1.807, 2.05) is 40.7 Å². The monoisotopic (exact) mass is 541 g/mol. The van der Waals surface area contributed by atoms with Gasteiger partial charge in [0.05, 0.1) is 0 Å².